The van der Waals surface area contributed by atoms with Crippen molar-refractivity contribution in [1.82, 2.24) is 10.2 Å². The zero-order chi connectivity index (χ0) is 9.26. The lowest BCUT2D eigenvalue weighted by atomic mass is 10.0. The first-order chi connectivity index (χ1) is 6.25. The van der Waals surface area contributed by atoms with Crippen molar-refractivity contribution in [2.45, 2.75) is 45.2 Å². The first kappa shape index (κ1) is 9.47. The van der Waals surface area contributed by atoms with Crippen LogP contribution in [0.4, 0.5) is 0 Å². The van der Waals surface area contributed by atoms with Gasteiger partial charge in [-0.2, -0.15) is 0 Å². The van der Waals surface area contributed by atoms with E-state index in [-0.39, 0.29) is 0 Å². The van der Waals surface area contributed by atoms with E-state index in [4.69, 9.17) is 0 Å². The number of piperazine rings is 1. The zero-order valence-electron chi connectivity index (χ0n) is 8.92. The van der Waals surface area contributed by atoms with E-state index in [1.807, 2.05) is 0 Å². The summed E-state index contributed by atoms with van der Waals surface area (Å²) in [4.78, 5) is 2.68. The molecule has 2 aliphatic rings. The van der Waals surface area contributed by atoms with Gasteiger partial charge in [-0.05, 0) is 31.7 Å². The van der Waals surface area contributed by atoms with Crippen molar-refractivity contribution in [2.24, 2.45) is 5.92 Å². The summed E-state index contributed by atoms with van der Waals surface area (Å²) in [6, 6.07) is 1.62. The Morgan fingerprint density at radius 1 is 1.46 bits per heavy atom. The lowest BCUT2D eigenvalue weighted by molar-refractivity contribution is 0.162. The minimum atomic E-state index is 0.759. The quantitative estimate of drug-likeness (QED) is 0.695. The number of nitrogens with one attached hydrogen (secondary N) is 1. The molecule has 1 N–H and O–H groups in total. The van der Waals surface area contributed by atoms with Crippen molar-refractivity contribution in [3.05, 3.63) is 0 Å². The van der Waals surface area contributed by atoms with Crippen LogP contribution in [0.3, 0.4) is 0 Å². The number of fused-ring (bicyclic) bond motifs is 1. The predicted octanol–water partition coefficient (Wildman–Crippen LogP) is 1.47. The molecular weight excluding hydrogens is 160 g/mol. The standard InChI is InChI=1S/C11H22N2/c1-9(2)6-10-8-13-5-3-4-11(13)7-12-10/h9-12H,3-8H2,1-2H3. The molecule has 0 amide bonds. The topological polar surface area (TPSA) is 15.3 Å². The Balaban J connectivity index is 1.83. The van der Waals surface area contributed by atoms with Gasteiger partial charge in [-0.3, -0.25) is 4.90 Å². The average molecular weight is 182 g/mol. The summed E-state index contributed by atoms with van der Waals surface area (Å²) in [5, 5.41) is 3.68. The van der Waals surface area contributed by atoms with Gasteiger partial charge in [0, 0.05) is 25.2 Å². The van der Waals surface area contributed by atoms with Gasteiger partial charge in [-0.25, -0.2) is 0 Å². The van der Waals surface area contributed by atoms with Crippen LogP contribution in [0.1, 0.15) is 33.1 Å². The molecule has 0 spiro atoms. The molecule has 0 saturated carbocycles. The molecule has 2 rings (SSSR count). The van der Waals surface area contributed by atoms with E-state index in [9.17, 15) is 0 Å². The molecule has 2 saturated heterocycles. The number of nitrogens with zero attached hydrogens (tertiary/aromatic N) is 1. The van der Waals surface area contributed by atoms with Crippen LogP contribution in [0.15, 0.2) is 0 Å². The van der Waals surface area contributed by atoms with Crippen LogP contribution in [0.25, 0.3) is 0 Å². The van der Waals surface area contributed by atoms with Crippen LogP contribution in [0.5, 0.6) is 0 Å². The first-order valence-electron chi connectivity index (χ1n) is 5.73. The zero-order valence-corrected chi connectivity index (χ0v) is 8.92. The third kappa shape index (κ3) is 2.23. The fourth-order valence-electron chi connectivity index (χ4n) is 2.74. The predicted molar refractivity (Wildman–Crippen MR) is 55.8 cm³/mol. The normalized spacial score (nSPS) is 35.3. The molecular formula is C11H22N2. The molecule has 2 unspecified atom stereocenters. The van der Waals surface area contributed by atoms with Gasteiger partial charge in [0.2, 0.25) is 0 Å². The second-order valence-corrected chi connectivity index (χ2v) is 5.03. The highest BCUT2D eigenvalue weighted by molar-refractivity contribution is 4.90. The Kier molecular flexibility index (Phi) is 2.89. The molecule has 2 atom stereocenters. The highest BCUT2D eigenvalue weighted by Gasteiger charge is 2.30. The van der Waals surface area contributed by atoms with Gasteiger partial charge in [-0.15, -0.1) is 0 Å². The summed E-state index contributed by atoms with van der Waals surface area (Å²) in [7, 11) is 0. The molecule has 2 heteroatoms. The van der Waals surface area contributed by atoms with E-state index in [1.165, 1.54) is 38.9 Å². The van der Waals surface area contributed by atoms with Gasteiger partial charge in [0.15, 0.2) is 0 Å². The van der Waals surface area contributed by atoms with Crippen LogP contribution in [0.2, 0.25) is 0 Å². The molecule has 2 fully saturated rings. The molecule has 2 aliphatic heterocycles. The maximum atomic E-state index is 3.68. The monoisotopic (exact) mass is 182 g/mol. The molecule has 0 aromatic rings. The van der Waals surface area contributed by atoms with Crippen LogP contribution in [-0.4, -0.2) is 36.6 Å². The van der Waals surface area contributed by atoms with Crippen molar-refractivity contribution in [1.29, 1.82) is 0 Å². The summed E-state index contributed by atoms with van der Waals surface area (Å²) in [5.74, 6) is 0.830. The Morgan fingerprint density at radius 2 is 2.31 bits per heavy atom. The van der Waals surface area contributed by atoms with Gasteiger partial charge in [0.1, 0.15) is 0 Å². The summed E-state index contributed by atoms with van der Waals surface area (Å²) < 4.78 is 0. The summed E-state index contributed by atoms with van der Waals surface area (Å²) in [6.07, 6.45) is 4.17. The van der Waals surface area contributed by atoms with E-state index in [2.05, 4.69) is 24.1 Å². The van der Waals surface area contributed by atoms with Crippen molar-refractivity contribution in [2.75, 3.05) is 19.6 Å². The van der Waals surface area contributed by atoms with Crippen LogP contribution < -0.4 is 5.32 Å². The maximum absolute atomic E-state index is 3.68. The highest BCUT2D eigenvalue weighted by atomic mass is 15.2. The molecule has 76 valence electrons. The van der Waals surface area contributed by atoms with Gasteiger partial charge in [-0.1, -0.05) is 13.8 Å². The summed E-state index contributed by atoms with van der Waals surface area (Å²) >= 11 is 0. The molecule has 2 nitrogen and oxygen atoms in total. The van der Waals surface area contributed by atoms with Gasteiger partial charge < -0.3 is 5.32 Å². The van der Waals surface area contributed by atoms with Crippen molar-refractivity contribution < 1.29 is 0 Å². The summed E-state index contributed by atoms with van der Waals surface area (Å²) in [5.41, 5.74) is 0. The van der Waals surface area contributed by atoms with E-state index >= 15 is 0 Å². The second kappa shape index (κ2) is 3.97. The number of hydrogen-bond acceptors (Lipinski definition) is 2. The van der Waals surface area contributed by atoms with Gasteiger partial charge in [0.05, 0.1) is 0 Å². The molecule has 0 bridgehead atoms. The van der Waals surface area contributed by atoms with Crippen molar-refractivity contribution >= 4 is 0 Å². The smallest absolute Gasteiger partial charge is 0.0221 e. The van der Waals surface area contributed by atoms with Crippen molar-refractivity contribution in [3.63, 3.8) is 0 Å². The third-order valence-electron chi connectivity index (χ3n) is 3.35. The Labute approximate surface area is 81.7 Å². The van der Waals surface area contributed by atoms with E-state index in [1.54, 1.807) is 0 Å². The molecule has 13 heavy (non-hydrogen) atoms. The van der Waals surface area contributed by atoms with Gasteiger partial charge >= 0.3 is 0 Å². The molecule has 2 heterocycles. The van der Waals surface area contributed by atoms with Crippen LogP contribution in [0, 0.1) is 5.92 Å². The third-order valence-corrected chi connectivity index (χ3v) is 3.35. The van der Waals surface area contributed by atoms with Gasteiger partial charge in [0.25, 0.3) is 0 Å². The molecule has 0 aromatic heterocycles. The molecule has 0 radical (unpaired) electrons. The minimum absolute atomic E-state index is 0.759. The van der Waals surface area contributed by atoms with E-state index in [0.717, 1.165) is 18.0 Å². The molecule has 0 aromatic carbocycles. The molecule has 0 aliphatic carbocycles. The largest absolute Gasteiger partial charge is 0.311 e. The minimum Gasteiger partial charge on any atom is -0.311 e. The lowest BCUT2D eigenvalue weighted by Crippen LogP contribution is -2.54. The summed E-state index contributed by atoms with van der Waals surface area (Å²) in [6.45, 7) is 8.51. The SMILES string of the molecule is CC(C)CC1CN2CCCC2CN1. The van der Waals surface area contributed by atoms with Crippen LogP contribution >= 0.6 is 0 Å². The van der Waals surface area contributed by atoms with E-state index < -0.39 is 0 Å². The average Bonchev–Trinajstić information content (AvgIpc) is 2.49. The lowest BCUT2D eigenvalue weighted by Gasteiger charge is -2.36. The second-order valence-electron chi connectivity index (χ2n) is 5.03. The van der Waals surface area contributed by atoms with Crippen molar-refractivity contribution in [3.8, 4) is 0 Å². The fourth-order valence-corrected chi connectivity index (χ4v) is 2.74. The Hall–Kier alpha value is -0.0800. The Bertz CT molecular complexity index is 167. The number of rotatable bonds is 2. The highest BCUT2D eigenvalue weighted by Crippen LogP contribution is 2.21. The fraction of sp³-hybridized carbons (Fsp3) is 1.00. The van der Waals surface area contributed by atoms with Crippen LogP contribution in [-0.2, 0) is 0 Å². The van der Waals surface area contributed by atoms with E-state index in [0.29, 0.717) is 0 Å². The maximum Gasteiger partial charge on any atom is 0.0221 e. The number of hydrogen-bond donors (Lipinski definition) is 1. The first-order valence-corrected chi connectivity index (χ1v) is 5.73. The Morgan fingerprint density at radius 3 is 3.08 bits per heavy atom.